The smallest absolute Gasteiger partial charge is 0.339 e. The topological polar surface area (TPSA) is 83.8 Å². The number of aliphatic carboxylic acids is 1. The summed E-state index contributed by atoms with van der Waals surface area (Å²) in [6.45, 7) is 5.76. The number of carbonyl (C=O) groups excluding carboxylic acids is 1. The summed E-state index contributed by atoms with van der Waals surface area (Å²) in [5.41, 5.74) is -1.07. The van der Waals surface area contributed by atoms with Gasteiger partial charge in [0, 0.05) is 6.42 Å². The first kappa shape index (κ1) is 16.6. The molecule has 2 N–H and O–H groups in total. The van der Waals surface area contributed by atoms with Crippen LogP contribution >= 0.6 is 0 Å². The van der Waals surface area contributed by atoms with Gasteiger partial charge >= 0.3 is 11.9 Å². The quantitative estimate of drug-likeness (QED) is 0.394. The van der Waals surface area contributed by atoms with Gasteiger partial charge in [0.05, 0.1) is 13.0 Å². The zero-order chi connectivity index (χ0) is 14.2. The molecule has 0 aliphatic heterocycles. The molecular formula is C13H22O5. The fourth-order valence-electron chi connectivity index (χ4n) is 1.29. The molecule has 0 aliphatic rings. The van der Waals surface area contributed by atoms with Crippen LogP contribution in [0.4, 0.5) is 0 Å². The minimum Gasteiger partial charge on any atom is -0.481 e. The summed E-state index contributed by atoms with van der Waals surface area (Å²) < 4.78 is 4.90. The maximum absolute atomic E-state index is 11.7. The Morgan fingerprint density at radius 3 is 2.39 bits per heavy atom. The predicted molar refractivity (Wildman–Crippen MR) is 67.1 cm³/mol. The molecule has 0 heterocycles. The summed E-state index contributed by atoms with van der Waals surface area (Å²) in [6.07, 6.45) is 2.48. The third-order valence-electron chi connectivity index (χ3n) is 2.40. The fraction of sp³-hybridized carbons (Fsp3) is 0.692. The van der Waals surface area contributed by atoms with Crippen molar-refractivity contribution in [3.05, 3.63) is 11.6 Å². The third kappa shape index (κ3) is 6.39. The van der Waals surface area contributed by atoms with Crippen LogP contribution in [0.15, 0.2) is 11.6 Å². The number of ether oxygens (including phenoxy) is 1. The molecule has 0 bridgehead atoms. The molecule has 0 aromatic carbocycles. The zero-order valence-electron chi connectivity index (χ0n) is 11.2. The first-order valence-corrected chi connectivity index (χ1v) is 6.06. The minimum atomic E-state index is -1.98. The van der Waals surface area contributed by atoms with Crippen LogP contribution in [0.1, 0.15) is 46.5 Å². The molecule has 0 aromatic heterocycles. The lowest BCUT2D eigenvalue weighted by Gasteiger charge is -2.23. The summed E-state index contributed by atoms with van der Waals surface area (Å²) in [5, 5.41) is 18.8. The molecule has 0 unspecified atom stereocenters. The van der Waals surface area contributed by atoms with Gasteiger partial charge in [-0.2, -0.15) is 0 Å². The highest BCUT2D eigenvalue weighted by molar-refractivity contribution is 5.85. The van der Waals surface area contributed by atoms with Crippen LogP contribution in [-0.4, -0.2) is 34.4 Å². The second-order valence-electron chi connectivity index (χ2n) is 4.58. The van der Waals surface area contributed by atoms with E-state index in [2.05, 4.69) is 0 Å². The van der Waals surface area contributed by atoms with Gasteiger partial charge in [-0.1, -0.05) is 25.0 Å². The van der Waals surface area contributed by atoms with E-state index in [1.54, 1.807) is 6.08 Å². The first-order chi connectivity index (χ1) is 8.31. The van der Waals surface area contributed by atoms with Gasteiger partial charge in [-0.05, 0) is 20.3 Å². The summed E-state index contributed by atoms with van der Waals surface area (Å²) >= 11 is 0. The molecule has 18 heavy (non-hydrogen) atoms. The molecule has 5 heteroatoms. The van der Waals surface area contributed by atoms with E-state index in [1.807, 2.05) is 20.8 Å². The highest BCUT2D eigenvalue weighted by atomic mass is 16.5. The molecule has 0 fully saturated rings. The molecule has 0 spiro atoms. The molecule has 104 valence electrons. The van der Waals surface area contributed by atoms with Crippen LogP contribution in [0.25, 0.3) is 0 Å². The maximum Gasteiger partial charge on any atom is 0.339 e. The van der Waals surface area contributed by atoms with E-state index < -0.39 is 24.0 Å². The molecule has 0 radical (unpaired) electrons. The molecule has 0 aromatic rings. The Kier molecular flexibility index (Phi) is 7.27. The van der Waals surface area contributed by atoms with E-state index in [0.717, 1.165) is 12.0 Å². The van der Waals surface area contributed by atoms with Crippen molar-refractivity contribution in [3.63, 3.8) is 0 Å². The number of unbranched alkanes of at least 4 members (excludes halogenated alkanes) is 1. The second-order valence-corrected chi connectivity index (χ2v) is 4.58. The van der Waals surface area contributed by atoms with Gasteiger partial charge < -0.3 is 14.9 Å². The zero-order valence-corrected chi connectivity index (χ0v) is 11.2. The Morgan fingerprint density at radius 2 is 1.94 bits per heavy atom. The van der Waals surface area contributed by atoms with Crippen molar-refractivity contribution in [2.45, 2.75) is 52.1 Å². The largest absolute Gasteiger partial charge is 0.481 e. The molecule has 0 saturated heterocycles. The average Bonchev–Trinajstić information content (AvgIpc) is 2.25. The van der Waals surface area contributed by atoms with Crippen molar-refractivity contribution in [3.8, 4) is 0 Å². The lowest BCUT2D eigenvalue weighted by atomic mass is 9.94. The second kappa shape index (κ2) is 7.87. The number of carboxylic acids is 1. The monoisotopic (exact) mass is 258 g/mol. The fourth-order valence-corrected chi connectivity index (χ4v) is 1.29. The third-order valence-corrected chi connectivity index (χ3v) is 2.40. The van der Waals surface area contributed by atoms with Crippen molar-refractivity contribution in [1.29, 1.82) is 0 Å². The molecule has 1 atom stereocenters. The number of esters is 1. The number of hydrogen-bond donors (Lipinski definition) is 2. The lowest BCUT2D eigenvalue weighted by Crippen LogP contribution is -2.42. The standard InChI is InChI=1S/C13H22O5/c1-4-5-8-18-12(16)13(17,9-11(14)15)7-6-10(2)3/h6,17H,4-5,7-9H2,1-3H3,(H,14,15)/t13-/m1/s1. The van der Waals surface area contributed by atoms with Gasteiger partial charge in [-0.25, -0.2) is 4.79 Å². The molecule has 0 saturated carbocycles. The van der Waals surface area contributed by atoms with Crippen LogP contribution in [0.2, 0.25) is 0 Å². The van der Waals surface area contributed by atoms with Crippen molar-refractivity contribution in [2.75, 3.05) is 6.61 Å². The molecule has 5 nitrogen and oxygen atoms in total. The van der Waals surface area contributed by atoms with Crippen LogP contribution in [0.5, 0.6) is 0 Å². The van der Waals surface area contributed by atoms with Gasteiger partial charge in [0.15, 0.2) is 5.60 Å². The van der Waals surface area contributed by atoms with Crippen molar-refractivity contribution >= 4 is 11.9 Å². The van der Waals surface area contributed by atoms with Gasteiger partial charge in [0.25, 0.3) is 0 Å². The Labute approximate surface area is 107 Å². The molecule has 0 rings (SSSR count). The van der Waals surface area contributed by atoms with Gasteiger partial charge in [0.1, 0.15) is 0 Å². The summed E-state index contributed by atoms with van der Waals surface area (Å²) in [6, 6.07) is 0. The van der Waals surface area contributed by atoms with Gasteiger partial charge in [-0.3, -0.25) is 4.79 Å². The van der Waals surface area contributed by atoms with Gasteiger partial charge in [-0.15, -0.1) is 0 Å². The Morgan fingerprint density at radius 1 is 1.33 bits per heavy atom. The van der Waals surface area contributed by atoms with Crippen molar-refractivity contribution in [1.82, 2.24) is 0 Å². The highest BCUT2D eigenvalue weighted by Gasteiger charge is 2.39. The van der Waals surface area contributed by atoms with E-state index in [0.29, 0.717) is 6.42 Å². The minimum absolute atomic E-state index is 0.0490. The lowest BCUT2D eigenvalue weighted by molar-refractivity contribution is -0.170. The Balaban J connectivity index is 4.68. The Hall–Kier alpha value is -1.36. The Bertz CT molecular complexity index is 317. The van der Waals surface area contributed by atoms with E-state index in [9.17, 15) is 14.7 Å². The SMILES string of the molecule is CCCCOC(=O)[C@@](O)(CC=C(C)C)CC(=O)O. The molecule has 0 aliphatic carbocycles. The van der Waals surface area contributed by atoms with E-state index >= 15 is 0 Å². The number of carbonyl (C=O) groups is 2. The predicted octanol–water partition coefficient (Wildman–Crippen LogP) is 1.89. The number of hydrogen-bond acceptors (Lipinski definition) is 4. The van der Waals surface area contributed by atoms with Crippen LogP contribution in [-0.2, 0) is 14.3 Å². The van der Waals surface area contributed by atoms with Gasteiger partial charge in [0.2, 0.25) is 0 Å². The first-order valence-electron chi connectivity index (χ1n) is 6.06. The highest BCUT2D eigenvalue weighted by Crippen LogP contribution is 2.19. The van der Waals surface area contributed by atoms with Crippen LogP contribution < -0.4 is 0 Å². The number of rotatable bonds is 8. The summed E-state index contributed by atoms with van der Waals surface area (Å²) in [5.74, 6) is -2.09. The maximum atomic E-state index is 11.7. The van der Waals surface area contributed by atoms with Crippen molar-refractivity contribution in [2.24, 2.45) is 0 Å². The van der Waals surface area contributed by atoms with Crippen LogP contribution in [0.3, 0.4) is 0 Å². The number of carboxylic acid groups (broad SMARTS) is 1. The van der Waals surface area contributed by atoms with Crippen LogP contribution in [0, 0.1) is 0 Å². The summed E-state index contributed by atoms with van der Waals surface area (Å²) in [4.78, 5) is 22.4. The van der Waals surface area contributed by atoms with Crippen molar-refractivity contribution < 1.29 is 24.5 Å². The van der Waals surface area contributed by atoms with E-state index in [4.69, 9.17) is 9.84 Å². The average molecular weight is 258 g/mol. The molecule has 0 amide bonds. The van der Waals surface area contributed by atoms with E-state index in [-0.39, 0.29) is 13.0 Å². The van der Waals surface area contributed by atoms with E-state index in [1.165, 1.54) is 0 Å². The number of allylic oxidation sites excluding steroid dienone is 1. The normalized spacial score (nSPS) is 13.6. The number of aliphatic hydroxyl groups is 1. The molecular weight excluding hydrogens is 236 g/mol. The summed E-state index contributed by atoms with van der Waals surface area (Å²) in [7, 11) is 0.